The normalized spacial score (nSPS) is 23.2. The molecule has 1 atom stereocenters. The van der Waals surface area contributed by atoms with Crippen LogP contribution in [0.2, 0.25) is 0 Å². The number of carbonyl (C=O) groups excluding carboxylic acids is 1. The van der Waals surface area contributed by atoms with Crippen LogP contribution in [0.4, 0.5) is 13.2 Å². The Kier molecular flexibility index (Phi) is 1.95. The molecule has 12 heavy (non-hydrogen) atoms. The summed E-state index contributed by atoms with van der Waals surface area (Å²) in [5.41, 5.74) is 3.59. The third-order valence-electron chi connectivity index (χ3n) is 1.31. The predicted molar refractivity (Wildman–Crippen MR) is 32.2 cm³/mol. The standard InChI is InChI=1S/C5H5F3N2O2/c6-5(7,8)3-1-2(4(9)11)12-10-3/h2H,1H2,(H2,9,11). The van der Waals surface area contributed by atoms with Gasteiger partial charge in [-0.2, -0.15) is 13.2 Å². The molecular formula is C5H5F3N2O2. The molecule has 1 amide bonds. The summed E-state index contributed by atoms with van der Waals surface area (Å²) in [5.74, 6) is -0.946. The number of hydrogen-bond acceptors (Lipinski definition) is 3. The minimum Gasteiger partial charge on any atom is -0.382 e. The molecule has 0 radical (unpaired) electrons. The fraction of sp³-hybridized carbons (Fsp3) is 0.600. The van der Waals surface area contributed by atoms with Gasteiger partial charge < -0.3 is 10.6 Å². The van der Waals surface area contributed by atoms with Gasteiger partial charge in [0.2, 0.25) is 6.10 Å². The molecule has 4 nitrogen and oxygen atoms in total. The van der Waals surface area contributed by atoms with Gasteiger partial charge in [-0.25, -0.2) is 0 Å². The van der Waals surface area contributed by atoms with E-state index in [2.05, 4.69) is 9.99 Å². The fourth-order valence-electron chi connectivity index (χ4n) is 0.697. The molecular weight excluding hydrogens is 177 g/mol. The molecule has 1 rings (SSSR count). The van der Waals surface area contributed by atoms with E-state index in [1.54, 1.807) is 0 Å². The molecule has 0 saturated heterocycles. The Bertz CT molecular complexity index is 235. The highest BCUT2D eigenvalue weighted by atomic mass is 19.4. The minimum absolute atomic E-state index is 0.598. The zero-order valence-electron chi connectivity index (χ0n) is 5.76. The van der Waals surface area contributed by atoms with Crippen LogP contribution in [0.1, 0.15) is 6.42 Å². The molecule has 0 aromatic carbocycles. The minimum atomic E-state index is -4.54. The lowest BCUT2D eigenvalue weighted by Crippen LogP contribution is -2.31. The van der Waals surface area contributed by atoms with Gasteiger partial charge in [0, 0.05) is 6.42 Å². The molecule has 0 aliphatic carbocycles. The van der Waals surface area contributed by atoms with Gasteiger partial charge in [-0.15, -0.1) is 0 Å². The number of hydrogen-bond donors (Lipinski definition) is 1. The first-order valence-corrected chi connectivity index (χ1v) is 3.00. The highest BCUT2D eigenvalue weighted by Crippen LogP contribution is 2.25. The van der Waals surface area contributed by atoms with Gasteiger partial charge in [0.15, 0.2) is 5.71 Å². The van der Waals surface area contributed by atoms with E-state index in [4.69, 9.17) is 5.73 Å². The zero-order chi connectivity index (χ0) is 9.35. The molecule has 1 aliphatic rings. The maximum absolute atomic E-state index is 11.8. The number of rotatable bonds is 1. The highest BCUT2D eigenvalue weighted by Gasteiger charge is 2.42. The number of nitrogens with zero attached hydrogens (tertiary/aromatic N) is 1. The SMILES string of the molecule is NC(=O)C1CC(C(F)(F)F)=NO1. The van der Waals surface area contributed by atoms with Gasteiger partial charge in [-0.1, -0.05) is 5.16 Å². The quantitative estimate of drug-likeness (QED) is 0.628. The summed E-state index contributed by atoms with van der Waals surface area (Å²) in [5, 5.41) is 2.70. The summed E-state index contributed by atoms with van der Waals surface area (Å²) in [7, 11) is 0. The first kappa shape index (κ1) is 8.82. The number of carbonyl (C=O) groups is 1. The van der Waals surface area contributed by atoms with Crippen molar-refractivity contribution in [2.24, 2.45) is 10.9 Å². The Morgan fingerprint density at radius 2 is 2.25 bits per heavy atom. The monoisotopic (exact) mass is 182 g/mol. The summed E-state index contributed by atoms with van der Waals surface area (Å²) < 4.78 is 35.5. The molecule has 0 fully saturated rings. The van der Waals surface area contributed by atoms with Gasteiger partial charge in [-0.05, 0) is 0 Å². The Balaban J connectivity index is 2.61. The van der Waals surface area contributed by atoms with Crippen molar-refractivity contribution in [1.29, 1.82) is 0 Å². The van der Waals surface area contributed by atoms with Crippen LogP contribution in [0.5, 0.6) is 0 Å². The molecule has 0 bridgehead atoms. The van der Waals surface area contributed by atoms with Gasteiger partial charge >= 0.3 is 6.18 Å². The first-order valence-electron chi connectivity index (χ1n) is 3.00. The van der Waals surface area contributed by atoms with Crippen LogP contribution in [0, 0.1) is 0 Å². The van der Waals surface area contributed by atoms with E-state index in [9.17, 15) is 18.0 Å². The van der Waals surface area contributed by atoms with Crippen LogP contribution in [-0.4, -0.2) is 23.9 Å². The van der Waals surface area contributed by atoms with Crippen molar-refractivity contribution >= 4 is 11.6 Å². The van der Waals surface area contributed by atoms with E-state index in [0.717, 1.165) is 0 Å². The molecule has 68 valence electrons. The van der Waals surface area contributed by atoms with Crippen molar-refractivity contribution in [2.75, 3.05) is 0 Å². The predicted octanol–water partition coefficient (Wildman–Crippen LogP) is 0.179. The van der Waals surface area contributed by atoms with Crippen molar-refractivity contribution in [2.45, 2.75) is 18.7 Å². The number of oxime groups is 1. The Morgan fingerprint density at radius 3 is 2.50 bits per heavy atom. The molecule has 7 heteroatoms. The number of nitrogens with two attached hydrogens (primary N) is 1. The Morgan fingerprint density at radius 1 is 1.67 bits per heavy atom. The van der Waals surface area contributed by atoms with E-state index in [1.165, 1.54) is 0 Å². The average Bonchev–Trinajstić information content (AvgIpc) is 2.30. The van der Waals surface area contributed by atoms with Crippen LogP contribution in [0.3, 0.4) is 0 Å². The summed E-state index contributed by atoms with van der Waals surface area (Å²) in [6.45, 7) is 0. The second kappa shape index (κ2) is 2.65. The second-order valence-electron chi connectivity index (χ2n) is 2.24. The molecule has 1 unspecified atom stereocenters. The fourth-order valence-corrected chi connectivity index (χ4v) is 0.697. The molecule has 0 saturated carbocycles. The maximum atomic E-state index is 11.8. The summed E-state index contributed by atoms with van der Waals surface area (Å²) in [6.07, 6.45) is -6.41. The lowest BCUT2D eigenvalue weighted by molar-refractivity contribution is -0.127. The van der Waals surface area contributed by atoms with Crippen LogP contribution in [0.15, 0.2) is 5.16 Å². The van der Waals surface area contributed by atoms with Crippen molar-refractivity contribution < 1.29 is 22.8 Å². The van der Waals surface area contributed by atoms with E-state index in [1.807, 2.05) is 0 Å². The van der Waals surface area contributed by atoms with Crippen LogP contribution >= 0.6 is 0 Å². The molecule has 0 aromatic heterocycles. The summed E-state index contributed by atoms with van der Waals surface area (Å²) in [4.78, 5) is 14.5. The third kappa shape index (κ3) is 1.66. The lowest BCUT2D eigenvalue weighted by Gasteiger charge is -2.03. The molecule has 1 aliphatic heterocycles. The van der Waals surface area contributed by atoms with Crippen LogP contribution in [-0.2, 0) is 9.63 Å². The lowest BCUT2D eigenvalue weighted by atomic mass is 10.2. The van der Waals surface area contributed by atoms with Gasteiger partial charge in [0.1, 0.15) is 0 Å². The first-order chi connectivity index (χ1) is 5.41. The Hall–Kier alpha value is -1.27. The van der Waals surface area contributed by atoms with E-state index in [-0.39, 0.29) is 0 Å². The third-order valence-corrected chi connectivity index (χ3v) is 1.31. The maximum Gasteiger partial charge on any atom is 0.432 e. The van der Waals surface area contributed by atoms with Crippen molar-refractivity contribution in [3.05, 3.63) is 0 Å². The van der Waals surface area contributed by atoms with Crippen LogP contribution < -0.4 is 5.73 Å². The second-order valence-corrected chi connectivity index (χ2v) is 2.24. The van der Waals surface area contributed by atoms with Gasteiger partial charge in [0.05, 0.1) is 0 Å². The molecule has 2 N–H and O–H groups in total. The highest BCUT2D eigenvalue weighted by molar-refractivity contribution is 5.95. The summed E-state index contributed by atoms with van der Waals surface area (Å²) in [6, 6.07) is 0. The van der Waals surface area contributed by atoms with Crippen molar-refractivity contribution in [3.8, 4) is 0 Å². The van der Waals surface area contributed by atoms with E-state index < -0.39 is 30.3 Å². The smallest absolute Gasteiger partial charge is 0.382 e. The van der Waals surface area contributed by atoms with Crippen LogP contribution in [0.25, 0.3) is 0 Å². The number of alkyl halides is 3. The number of primary amides is 1. The van der Waals surface area contributed by atoms with Gasteiger partial charge in [-0.3, -0.25) is 4.79 Å². The van der Waals surface area contributed by atoms with Crippen molar-refractivity contribution in [3.63, 3.8) is 0 Å². The van der Waals surface area contributed by atoms with E-state index >= 15 is 0 Å². The number of amides is 1. The average molecular weight is 182 g/mol. The molecule has 0 aromatic rings. The topological polar surface area (TPSA) is 64.7 Å². The Labute approximate surface area is 65.2 Å². The largest absolute Gasteiger partial charge is 0.432 e. The van der Waals surface area contributed by atoms with E-state index in [0.29, 0.717) is 0 Å². The molecule has 0 spiro atoms. The van der Waals surface area contributed by atoms with Crippen molar-refractivity contribution in [1.82, 2.24) is 0 Å². The summed E-state index contributed by atoms with van der Waals surface area (Å²) >= 11 is 0. The molecule has 1 heterocycles. The zero-order valence-corrected chi connectivity index (χ0v) is 5.76. The number of halogens is 3. The van der Waals surface area contributed by atoms with Gasteiger partial charge in [0.25, 0.3) is 5.91 Å².